The number of nitrogens with zero attached hydrogens (tertiary/aromatic N) is 1. The fraction of sp³-hybridized carbons (Fsp3) is 0.647. The first-order chi connectivity index (χ1) is 9.72. The molecule has 2 N–H and O–H groups in total. The lowest BCUT2D eigenvalue weighted by Crippen LogP contribution is -2.25. The standard InChI is InChI=1S/C17H27FN2/c1-2-4-14-5-3-9-20(10-8-14)13-16-11-17(18)7-6-15(16)12-19/h6-7,11,14H,2-5,8-10,12-13,19H2,1H3. The van der Waals surface area contributed by atoms with Crippen LogP contribution in [0.3, 0.4) is 0 Å². The predicted octanol–water partition coefficient (Wildman–Crippen LogP) is 3.69. The zero-order valence-corrected chi connectivity index (χ0v) is 12.6. The molecule has 0 radical (unpaired) electrons. The summed E-state index contributed by atoms with van der Waals surface area (Å²) in [6.07, 6.45) is 6.52. The summed E-state index contributed by atoms with van der Waals surface area (Å²) in [4.78, 5) is 2.46. The molecule has 1 saturated heterocycles. The lowest BCUT2D eigenvalue weighted by molar-refractivity contribution is 0.270. The maximum absolute atomic E-state index is 13.4. The Balaban J connectivity index is 1.97. The smallest absolute Gasteiger partial charge is 0.123 e. The van der Waals surface area contributed by atoms with Crippen molar-refractivity contribution >= 4 is 0 Å². The highest BCUT2D eigenvalue weighted by atomic mass is 19.1. The molecule has 0 spiro atoms. The van der Waals surface area contributed by atoms with Gasteiger partial charge in [-0.3, -0.25) is 4.90 Å². The molecule has 2 nitrogen and oxygen atoms in total. The van der Waals surface area contributed by atoms with Crippen molar-refractivity contribution in [2.75, 3.05) is 13.1 Å². The summed E-state index contributed by atoms with van der Waals surface area (Å²) in [5.74, 6) is 0.724. The Morgan fingerprint density at radius 2 is 2.10 bits per heavy atom. The molecule has 0 saturated carbocycles. The van der Waals surface area contributed by atoms with E-state index in [1.165, 1.54) is 38.2 Å². The summed E-state index contributed by atoms with van der Waals surface area (Å²) in [5, 5.41) is 0. The van der Waals surface area contributed by atoms with E-state index >= 15 is 0 Å². The predicted molar refractivity (Wildman–Crippen MR) is 81.8 cm³/mol. The summed E-state index contributed by atoms with van der Waals surface area (Å²) in [5.41, 5.74) is 7.88. The van der Waals surface area contributed by atoms with E-state index in [-0.39, 0.29) is 5.82 Å². The van der Waals surface area contributed by atoms with Crippen LogP contribution in [0.4, 0.5) is 4.39 Å². The average Bonchev–Trinajstić information content (AvgIpc) is 2.65. The van der Waals surface area contributed by atoms with Crippen LogP contribution >= 0.6 is 0 Å². The summed E-state index contributed by atoms with van der Waals surface area (Å²) in [6.45, 7) is 5.85. The Bertz CT molecular complexity index is 419. The maximum Gasteiger partial charge on any atom is 0.123 e. The van der Waals surface area contributed by atoms with E-state index in [1.807, 2.05) is 6.07 Å². The molecule has 0 aliphatic carbocycles. The topological polar surface area (TPSA) is 29.3 Å². The Hall–Kier alpha value is -0.930. The van der Waals surface area contributed by atoms with Crippen molar-refractivity contribution in [1.82, 2.24) is 4.90 Å². The van der Waals surface area contributed by atoms with Gasteiger partial charge in [-0.05, 0) is 61.5 Å². The van der Waals surface area contributed by atoms with E-state index in [0.29, 0.717) is 6.54 Å². The minimum atomic E-state index is -0.157. The van der Waals surface area contributed by atoms with Crippen LogP contribution in [-0.2, 0) is 13.1 Å². The molecule has 1 atom stereocenters. The second kappa shape index (κ2) is 7.75. The van der Waals surface area contributed by atoms with Gasteiger partial charge >= 0.3 is 0 Å². The SMILES string of the molecule is CCCC1CCCN(Cc2cc(F)ccc2CN)CC1. The third-order valence-corrected chi connectivity index (χ3v) is 4.42. The molecule has 0 bridgehead atoms. The Labute approximate surface area is 122 Å². The molecular formula is C17H27FN2. The van der Waals surface area contributed by atoms with Crippen LogP contribution in [0.25, 0.3) is 0 Å². The first-order valence-electron chi connectivity index (χ1n) is 7.92. The van der Waals surface area contributed by atoms with Gasteiger partial charge in [0, 0.05) is 13.1 Å². The van der Waals surface area contributed by atoms with Crippen molar-refractivity contribution in [1.29, 1.82) is 0 Å². The number of hydrogen-bond acceptors (Lipinski definition) is 2. The molecular weight excluding hydrogens is 251 g/mol. The van der Waals surface area contributed by atoms with Crippen LogP contribution in [0.1, 0.15) is 50.2 Å². The van der Waals surface area contributed by atoms with Gasteiger partial charge in [0.25, 0.3) is 0 Å². The molecule has 0 aromatic heterocycles. The molecule has 20 heavy (non-hydrogen) atoms. The molecule has 2 rings (SSSR count). The molecule has 1 aliphatic rings. The third-order valence-electron chi connectivity index (χ3n) is 4.42. The van der Waals surface area contributed by atoms with Crippen LogP contribution in [-0.4, -0.2) is 18.0 Å². The van der Waals surface area contributed by atoms with Crippen LogP contribution in [0.2, 0.25) is 0 Å². The van der Waals surface area contributed by atoms with Gasteiger partial charge in [0.05, 0.1) is 0 Å². The zero-order chi connectivity index (χ0) is 14.4. The summed E-state index contributed by atoms with van der Waals surface area (Å²) < 4.78 is 13.4. The summed E-state index contributed by atoms with van der Waals surface area (Å²) in [7, 11) is 0. The minimum Gasteiger partial charge on any atom is -0.326 e. The van der Waals surface area contributed by atoms with E-state index in [2.05, 4.69) is 11.8 Å². The fourth-order valence-electron chi connectivity index (χ4n) is 3.26. The highest BCUT2D eigenvalue weighted by Gasteiger charge is 2.17. The lowest BCUT2D eigenvalue weighted by Gasteiger charge is -2.21. The molecule has 1 aliphatic heterocycles. The molecule has 0 amide bonds. The van der Waals surface area contributed by atoms with E-state index in [4.69, 9.17) is 5.73 Å². The van der Waals surface area contributed by atoms with Crippen molar-refractivity contribution < 1.29 is 4.39 Å². The van der Waals surface area contributed by atoms with Gasteiger partial charge in [0.2, 0.25) is 0 Å². The Morgan fingerprint density at radius 3 is 2.85 bits per heavy atom. The van der Waals surface area contributed by atoms with Crippen molar-refractivity contribution in [2.45, 2.75) is 52.1 Å². The van der Waals surface area contributed by atoms with Gasteiger partial charge in [-0.15, -0.1) is 0 Å². The number of likely N-dealkylation sites (tertiary alicyclic amines) is 1. The van der Waals surface area contributed by atoms with Crippen molar-refractivity contribution in [3.05, 3.63) is 35.1 Å². The first-order valence-corrected chi connectivity index (χ1v) is 7.92. The van der Waals surface area contributed by atoms with Gasteiger partial charge in [0.15, 0.2) is 0 Å². The van der Waals surface area contributed by atoms with Crippen LogP contribution < -0.4 is 5.73 Å². The van der Waals surface area contributed by atoms with Gasteiger partial charge in [0.1, 0.15) is 5.82 Å². The quantitative estimate of drug-likeness (QED) is 0.890. The second-order valence-electron chi connectivity index (χ2n) is 5.98. The van der Waals surface area contributed by atoms with Crippen LogP contribution in [0.15, 0.2) is 18.2 Å². The summed E-state index contributed by atoms with van der Waals surface area (Å²) >= 11 is 0. The largest absolute Gasteiger partial charge is 0.326 e. The molecule has 1 aromatic rings. The number of rotatable bonds is 5. The molecule has 1 fully saturated rings. The van der Waals surface area contributed by atoms with Crippen LogP contribution in [0.5, 0.6) is 0 Å². The maximum atomic E-state index is 13.4. The zero-order valence-electron chi connectivity index (χ0n) is 12.6. The highest BCUT2D eigenvalue weighted by Crippen LogP contribution is 2.23. The number of nitrogens with two attached hydrogens (primary N) is 1. The van der Waals surface area contributed by atoms with Crippen molar-refractivity contribution in [2.24, 2.45) is 11.7 Å². The van der Waals surface area contributed by atoms with Crippen molar-refractivity contribution in [3.8, 4) is 0 Å². The summed E-state index contributed by atoms with van der Waals surface area (Å²) in [6, 6.07) is 4.98. The average molecular weight is 278 g/mol. The second-order valence-corrected chi connectivity index (χ2v) is 5.98. The van der Waals surface area contributed by atoms with E-state index in [1.54, 1.807) is 6.07 Å². The molecule has 112 valence electrons. The van der Waals surface area contributed by atoms with Gasteiger partial charge in [-0.1, -0.05) is 25.8 Å². The molecule has 1 unspecified atom stereocenters. The highest BCUT2D eigenvalue weighted by molar-refractivity contribution is 5.27. The van der Waals surface area contributed by atoms with Gasteiger partial charge in [-0.2, -0.15) is 0 Å². The normalized spacial score (nSPS) is 20.9. The van der Waals surface area contributed by atoms with E-state index < -0.39 is 0 Å². The Morgan fingerprint density at radius 1 is 1.25 bits per heavy atom. The lowest BCUT2D eigenvalue weighted by atomic mass is 9.96. The fourth-order valence-corrected chi connectivity index (χ4v) is 3.26. The number of hydrogen-bond donors (Lipinski definition) is 1. The van der Waals surface area contributed by atoms with Crippen molar-refractivity contribution in [3.63, 3.8) is 0 Å². The monoisotopic (exact) mass is 278 g/mol. The first kappa shape index (κ1) is 15.5. The molecule has 1 aromatic carbocycles. The Kier molecular flexibility index (Phi) is 5.99. The molecule has 1 heterocycles. The van der Waals surface area contributed by atoms with Gasteiger partial charge in [-0.25, -0.2) is 4.39 Å². The number of benzene rings is 1. The van der Waals surface area contributed by atoms with E-state index in [9.17, 15) is 4.39 Å². The molecule has 3 heteroatoms. The van der Waals surface area contributed by atoms with Gasteiger partial charge < -0.3 is 5.73 Å². The minimum absolute atomic E-state index is 0.157. The number of halogens is 1. The van der Waals surface area contributed by atoms with E-state index in [0.717, 1.165) is 36.7 Å². The van der Waals surface area contributed by atoms with Crippen LogP contribution in [0, 0.1) is 11.7 Å². The third kappa shape index (κ3) is 4.29.